The average molecular weight is 577 g/mol. The zero-order valence-corrected chi connectivity index (χ0v) is 25.3. The van der Waals surface area contributed by atoms with E-state index in [1.165, 1.54) is 0 Å². The van der Waals surface area contributed by atoms with E-state index in [9.17, 15) is 9.59 Å². The molecule has 2 amide bonds. The van der Waals surface area contributed by atoms with Gasteiger partial charge in [0.2, 0.25) is 0 Å². The Hall–Kier alpha value is -4.40. The van der Waals surface area contributed by atoms with Crippen molar-refractivity contribution in [2.24, 2.45) is 0 Å². The van der Waals surface area contributed by atoms with Gasteiger partial charge in [-0.3, -0.25) is 9.59 Å². The van der Waals surface area contributed by atoms with Crippen molar-refractivity contribution < 1.29 is 23.6 Å². The number of carbonyl (C=O) groups is 2. The molecule has 1 saturated heterocycles. The molecular formula is C35H37BN2O5. The summed E-state index contributed by atoms with van der Waals surface area (Å²) in [5.74, 6) is 0.218. The van der Waals surface area contributed by atoms with Gasteiger partial charge in [0.15, 0.2) is 0 Å². The summed E-state index contributed by atoms with van der Waals surface area (Å²) in [5.41, 5.74) is 4.02. The molecule has 0 radical (unpaired) electrons. The maximum absolute atomic E-state index is 13.7. The molecule has 0 spiro atoms. The van der Waals surface area contributed by atoms with Gasteiger partial charge < -0.3 is 24.7 Å². The minimum absolute atomic E-state index is 0.213. The molecule has 0 bridgehead atoms. The second-order valence-corrected chi connectivity index (χ2v) is 11.7. The zero-order valence-electron chi connectivity index (χ0n) is 25.3. The highest BCUT2D eigenvalue weighted by molar-refractivity contribution is 6.62. The van der Waals surface area contributed by atoms with Crippen LogP contribution in [0.15, 0.2) is 97.1 Å². The Morgan fingerprint density at radius 1 is 0.767 bits per heavy atom. The molecule has 5 rings (SSSR count). The second-order valence-electron chi connectivity index (χ2n) is 11.7. The zero-order chi connectivity index (χ0) is 30.6. The van der Waals surface area contributed by atoms with E-state index >= 15 is 0 Å². The number of hydrogen-bond acceptors (Lipinski definition) is 5. The highest BCUT2D eigenvalue weighted by atomic mass is 16.7. The molecule has 43 heavy (non-hydrogen) atoms. The first-order valence-electron chi connectivity index (χ1n) is 14.4. The predicted octanol–water partition coefficient (Wildman–Crippen LogP) is 5.77. The van der Waals surface area contributed by atoms with Crippen LogP contribution in [0, 0.1) is 0 Å². The van der Waals surface area contributed by atoms with Crippen LogP contribution in [0.4, 0.5) is 5.69 Å². The first-order chi connectivity index (χ1) is 20.6. The Kier molecular flexibility index (Phi) is 8.71. The van der Waals surface area contributed by atoms with Crippen LogP contribution in [0.25, 0.3) is 0 Å². The fourth-order valence-electron chi connectivity index (χ4n) is 4.91. The molecule has 0 aliphatic carbocycles. The van der Waals surface area contributed by atoms with Crippen LogP contribution in [0.3, 0.4) is 0 Å². The maximum Gasteiger partial charge on any atom is 0.494 e. The Morgan fingerprint density at radius 2 is 1.42 bits per heavy atom. The SMILES string of the molecule is COc1ccc(NC(=O)c2ccccc2)c(Cc2ccc(B3OC(C)(C)C(C)(C)O3)cc2C(=O)NCc2ccccc2)c1. The van der Waals surface area contributed by atoms with E-state index in [2.05, 4.69) is 10.6 Å². The van der Waals surface area contributed by atoms with Crippen molar-refractivity contribution in [2.45, 2.75) is 51.9 Å². The third-order valence-corrected chi connectivity index (χ3v) is 8.18. The van der Waals surface area contributed by atoms with Crippen molar-refractivity contribution in [3.63, 3.8) is 0 Å². The fraction of sp³-hybridized carbons (Fsp3) is 0.257. The Morgan fingerprint density at radius 3 is 2.07 bits per heavy atom. The van der Waals surface area contributed by atoms with Crippen molar-refractivity contribution in [3.8, 4) is 5.75 Å². The number of carbonyl (C=O) groups excluding carboxylic acids is 2. The van der Waals surface area contributed by atoms with Crippen LogP contribution in [-0.2, 0) is 22.3 Å². The van der Waals surface area contributed by atoms with E-state index in [-0.39, 0.29) is 11.8 Å². The van der Waals surface area contributed by atoms with Crippen LogP contribution in [0.5, 0.6) is 5.75 Å². The molecule has 2 N–H and O–H groups in total. The highest BCUT2D eigenvalue weighted by Crippen LogP contribution is 2.36. The van der Waals surface area contributed by atoms with Gasteiger partial charge in [-0.25, -0.2) is 0 Å². The molecule has 1 aliphatic heterocycles. The number of methoxy groups -OCH3 is 1. The van der Waals surface area contributed by atoms with Gasteiger partial charge in [-0.1, -0.05) is 60.7 Å². The second kappa shape index (κ2) is 12.5. The van der Waals surface area contributed by atoms with Gasteiger partial charge in [0.05, 0.1) is 18.3 Å². The molecule has 1 fully saturated rings. The van der Waals surface area contributed by atoms with Crippen LogP contribution in [0.1, 0.15) is 65.1 Å². The van der Waals surface area contributed by atoms with Crippen LogP contribution >= 0.6 is 0 Å². The highest BCUT2D eigenvalue weighted by Gasteiger charge is 2.51. The normalized spacial score (nSPS) is 15.1. The molecule has 4 aromatic rings. The summed E-state index contributed by atoms with van der Waals surface area (Å²) in [7, 11) is 0.987. The van der Waals surface area contributed by atoms with Crippen LogP contribution in [-0.4, -0.2) is 37.2 Å². The van der Waals surface area contributed by atoms with E-state index in [4.69, 9.17) is 14.0 Å². The first-order valence-corrected chi connectivity index (χ1v) is 14.4. The van der Waals surface area contributed by atoms with E-state index in [1.54, 1.807) is 25.3 Å². The van der Waals surface area contributed by atoms with Gasteiger partial charge in [-0.15, -0.1) is 0 Å². The summed E-state index contributed by atoms with van der Waals surface area (Å²) in [5, 5.41) is 6.10. The summed E-state index contributed by atoms with van der Waals surface area (Å²) < 4.78 is 18.1. The summed E-state index contributed by atoms with van der Waals surface area (Å²) in [6.45, 7) is 8.40. The summed E-state index contributed by atoms with van der Waals surface area (Å²) in [6, 6.07) is 30.1. The number of nitrogens with one attached hydrogen (secondary N) is 2. The van der Waals surface area contributed by atoms with Crippen molar-refractivity contribution in [3.05, 3.63) is 125 Å². The molecule has 1 aliphatic rings. The third kappa shape index (κ3) is 6.82. The Labute approximate surface area is 253 Å². The van der Waals surface area contributed by atoms with Gasteiger partial charge in [-0.2, -0.15) is 0 Å². The number of benzene rings is 4. The smallest absolute Gasteiger partial charge is 0.494 e. The topological polar surface area (TPSA) is 85.9 Å². The van der Waals surface area contributed by atoms with Crippen molar-refractivity contribution >= 4 is 30.1 Å². The largest absolute Gasteiger partial charge is 0.497 e. The number of hydrogen-bond donors (Lipinski definition) is 2. The summed E-state index contributed by atoms with van der Waals surface area (Å²) in [4.78, 5) is 26.8. The Bertz CT molecular complexity index is 1590. The van der Waals surface area contributed by atoms with E-state index in [1.807, 2.05) is 107 Å². The molecule has 0 unspecified atom stereocenters. The quantitative estimate of drug-likeness (QED) is 0.247. The molecular weight excluding hydrogens is 539 g/mol. The van der Waals surface area contributed by atoms with E-state index in [0.29, 0.717) is 35.5 Å². The molecule has 4 aromatic carbocycles. The maximum atomic E-state index is 13.7. The minimum Gasteiger partial charge on any atom is -0.497 e. The molecule has 0 saturated carbocycles. The van der Waals surface area contributed by atoms with E-state index in [0.717, 1.165) is 22.2 Å². The molecule has 8 heteroatoms. The molecule has 220 valence electrons. The minimum atomic E-state index is -0.614. The number of amides is 2. The number of anilines is 1. The van der Waals surface area contributed by atoms with Crippen molar-refractivity contribution in [1.82, 2.24) is 5.32 Å². The van der Waals surface area contributed by atoms with Crippen LogP contribution in [0.2, 0.25) is 0 Å². The third-order valence-electron chi connectivity index (χ3n) is 8.18. The van der Waals surface area contributed by atoms with Gasteiger partial charge in [0.25, 0.3) is 11.8 Å². The lowest BCUT2D eigenvalue weighted by Crippen LogP contribution is -2.41. The lowest BCUT2D eigenvalue weighted by molar-refractivity contribution is 0.00578. The Balaban J connectivity index is 1.48. The number of rotatable bonds is 9. The molecule has 7 nitrogen and oxygen atoms in total. The summed E-state index contributed by atoms with van der Waals surface area (Å²) in [6.07, 6.45) is 0.374. The summed E-state index contributed by atoms with van der Waals surface area (Å²) >= 11 is 0. The van der Waals surface area contributed by atoms with Crippen LogP contribution < -0.4 is 20.8 Å². The molecule has 1 heterocycles. The van der Waals surface area contributed by atoms with Gasteiger partial charge in [-0.05, 0) is 86.2 Å². The van der Waals surface area contributed by atoms with E-state index < -0.39 is 18.3 Å². The number of ether oxygens (including phenoxy) is 1. The average Bonchev–Trinajstić information content (AvgIpc) is 3.23. The standard InChI is InChI=1S/C35H37BN2O5/c1-34(2)35(3,4)43-36(42-34)28-17-16-26(30(22-28)33(40)37-23-24-12-8-6-9-13-24)20-27-21-29(41-5)18-19-31(27)38-32(39)25-14-10-7-11-15-25/h6-19,21-22H,20,23H2,1-5H3,(H,37,40)(H,38,39). The molecule has 0 atom stereocenters. The van der Waals surface area contributed by atoms with Gasteiger partial charge >= 0.3 is 7.12 Å². The molecule has 0 aromatic heterocycles. The van der Waals surface area contributed by atoms with Gasteiger partial charge in [0, 0.05) is 29.8 Å². The fourth-order valence-corrected chi connectivity index (χ4v) is 4.91. The van der Waals surface area contributed by atoms with Crippen molar-refractivity contribution in [2.75, 3.05) is 12.4 Å². The monoisotopic (exact) mass is 576 g/mol. The van der Waals surface area contributed by atoms with Gasteiger partial charge in [0.1, 0.15) is 5.75 Å². The predicted molar refractivity (Wildman–Crippen MR) is 170 cm³/mol. The van der Waals surface area contributed by atoms with Crippen molar-refractivity contribution in [1.29, 1.82) is 0 Å². The lowest BCUT2D eigenvalue weighted by atomic mass is 9.77. The first kappa shape index (κ1) is 30.1. The lowest BCUT2D eigenvalue weighted by Gasteiger charge is -2.32.